The van der Waals surface area contributed by atoms with Crippen molar-refractivity contribution in [1.82, 2.24) is 0 Å². The minimum atomic E-state index is -0.955. The van der Waals surface area contributed by atoms with Crippen LogP contribution in [-0.2, 0) is 4.79 Å². The van der Waals surface area contributed by atoms with E-state index in [1.807, 2.05) is 0 Å². The van der Waals surface area contributed by atoms with E-state index in [2.05, 4.69) is 0 Å². The van der Waals surface area contributed by atoms with E-state index in [1.165, 1.54) is 25.1 Å². The molecule has 3 nitrogen and oxygen atoms in total. The molecule has 2 N–H and O–H groups in total. The molecule has 0 heterocycles. The van der Waals surface area contributed by atoms with Crippen molar-refractivity contribution >= 4 is 12.0 Å². The topological polar surface area (TPSA) is 57.5 Å². The number of carboxylic acids is 1. The Bertz CT molecular complexity index is 353. The molecule has 0 aliphatic rings. The first-order valence-corrected chi connectivity index (χ1v) is 3.80. The highest BCUT2D eigenvalue weighted by molar-refractivity contribution is 5.91. The first kappa shape index (κ1) is 9.32. The molecule has 0 amide bonds. The fourth-order valence-corrected chi connectivity index (χ4v) is 0.926. The van der Waals surface area contributed by atoms with Crippen LogP contribution >= 0.6 is 0 Å². The van der Waals surface area contributed by atoms with Crippen molar-refractivity contribution in [2.75, 3.05) is 0 Å². The molecular weight excluding hydrogens is 168 g/mol. The van der Waals surface area contributed by atoms with Crippen LogP contribution in [0.15, 0.2) is 29.8 Å². The highest BCUT2D eigenvalue weighted by Gasteiger charge is 1.99. The van der Waals surface area contributed by atoms with Crippen molar-refractivity contribution in [3.63, 3.8) is 0 Å². The zero-order valence-electron chi connectivity index (χ0n) is 7.19. The van der Waals surface area contributed by atoms with E-state index in [4.69, 9.17) is 10.2 Å². The van der Waals surface area contributed by atoms with Crippen LogP contribution in [0.25, 0.3) is 6.08 Å². The summed E-state index contributed by atoms with van der Waals surface area (Å²) in [4.78, 5) is 10.5. The van der Waals surface area contributed by atoms with E-state index in [1.54, 1.807) is 12.1 Å². The van der Waals surface area contributed by atoms with Crippen LogP contribution in [0.1, 0.15) is 12.5 Å². The molecule has 0 spiro atoms. The maximum Gasteiger partial charge on any atom is 0.331 e. The maximum atomic E-state index is 10.5. The Labute approximate surface area is 76.0 Å². The Balaban J connectivity index is 2.97. The summed E-state index contributed by atoms with van der Waals surface area (Å²) >= 11 is 0. The van der Waals surface area contributed by atoms with Crippen molar-refractivity contribution in [3.8, 4) is 5.75 Å². The molecule has 0 saturated carbocycles. The summed E-state index contributed by atoms with van der Waals surface area (Å²) in [5.74, 6) is -0.824. The maximum absolute atomic E-state index is 10.5. The van der Waals surface area contributed by atoms with Crippen molar-refractivity contribution in [2.24, 2.45) is 0 Å². The third-order valence-electron chi connectivity index (χ3n) is 1.59. The van der Waals surface area contributed by atoms with E-state index >= 15 is 0 Å². The number of rotatable bonds is 2. The number of hydrogen-bond acceptors (Lipinski definition) is 2. The van der Waals surface area contributed by atoms with Gasteiger partial charge in [0, 0.05) is 5.57 Å². The third-order valence-corrected chi connectivity index (χ3v) is 1.59. The Morgan fingerprint density at radius 2 is 2.15 bits per heavy atom. The number of aliphatic carboxylic acids is 1. The van der Waals surface area contributed by atoms with E-state index < -0.39 is 5.97 Å². The van der Waals surface area contributed by atoms with Gasteiger partial charge in [0.15, 0.2) is 0 Å². The van der Waals surface area contributed by atoms with Crippen LogP contribution in [0, 0.1) is 0 Å². The SMILES string of the molecule is C/C(=C/c1cccc(O)c1)C(=O)O. The predicted molar refractivity (Wildman–Crippen MR) is 49.4 cm³/mol. The van der Waals surface area contributed by atoms with Gasteiger partial charge in [-0.05, 0) is 30.7 Å². The van der Waals surface area contributed by atoms with Crippen LogP contribution in [0.5, 0.6) is 5.75 Å². The van der Waals surface area contributed by atoms with Gasteiger partial charge in [0.05, 0.1) is 0 Å². The van der Waals surface area contributed by atoms with Crippen LogP contribution < -0.4 is 0 Å². The van der Waals surface area contributed by atoms with Gasteiger partial charge >= 0.3 is 5.97 Å². The van der Waals surface area contributed by atoms with E-state index in [0.29, 0.717) is 5.56 Å². The molecule has 0 radical (unpaired) electrons. The van der Waals surface area contributed by atoms with Crippen molar-refractivity contribution in [2.45, 2.75) is 6.92 Å². The first-order chi connectivity index (χ1) is 6.09. The van der Waals surface area contributed by atoms with Crippen LogP contribution in [0.4, 0.5) is 0 Å². The molecule has 3 heteroatoms. The van der Waals surface area contributed by atoms with Gasteiger partial charge in [-0.1, -0.05) is 12.1 Å². The summed E-state index contributed by atoms with van der Waals surface area (Å²) in [5.41, 5.74) is 0.922. The fraction of sp³-hybridized carbons (Fsp3) is 0.100. The Hall–Kier alpha value is -1.77. The van der Waals surface area contributed by atoms with Crippen LogP contribution in [0.2, 0.25) is 0 Å². The number of aromatic hydroxyl groups is 1. The molecule has 68 valence electrons. The molecular formula is C10H10O3. The average Bonchev–Trinajstić information content (AvgIpc) is 2.04. The van der Waals surface area contributed by atoms with Crippen molar-refractivity contribution < 1.29 is 15.0 Å². The number of carbonyl (C=O) groups is 1. The molecule has 13 heavy (non-hydrogen) atoms. The van der Waals surface area contributed by atoms with Crippen LogP contribution in [0.3, 0.4) is 0 Å². The molecule has 0 atom stereocenters. The fourth-order valence-electron chi connectivity index (χ4n) is 0.926. The highest BCUT2D eigenvalue weighted by atomic mass is 16.4. The largest absolute Gasteiger partial charge is 0.508 e. The zero-order valence-corrected chi connectivity index (χ0v) is 7.19. The summed E-state index contributed by atoms with van der Waals surface area (Å²) < 4.78 is 0. The van der Waals surface area contributed by atoms with Gasteiger partial charge < -0.3 is 10.2 Å². The van der Waals surface area contributed by atoms with Crippen molar-refractivity contribution in [3.05, 3.63) is 35.4 Å². The molecule has 0 saturated heterocycles. The third kappa shape index (κ3) is 2.63. The van der Waals surface area contributed by atoms with Gasteiger partial charge in [0.25, 0.3) is 0 Å². The minimum absolute atomic E-state index is 0.131. The van der Waals surface area contributed by atoms with Gasteiger partial charge in [-0.25, -0.2) is 4.79 Å². The molecule has 0 aromatic heterocycles. The number of phenolic OH excluding ortho intramolecular Hbond substituents is 1. The summed E-state index contributed by atoms with van der Waals surface area (Å²) in [5, 5.41) is 17.7. The number of benzene rings is 1. The number of hydrogen-bond donors (Lipinski definition) is 2. The second-order valence-electron chi connectivity index (χ2n) is 2.73. The molecule has 0 aliphatic carbocycles. The Morgan fingerprint density at radius 3 is 2.69 bits per heavy atom. The Morgan fingerprint density at radius 1 is 1.46 bits per heavy atom. The molecule has 1 aromatic carbocycles. The summed E-state index contributed by atoms with van der Waals surface area (Å²) in [6.45, 7) is 1.51. The molecule has 0 fully saturated rings. The number of carboxylic acid groups (broad SMARTS) is 1. The average molecular weight is 178 g/mol. The van der Waals surface area contributed by atoms with Gasteiger partial charge in [-0.3, -0.25) is 0 Å². The first-order valence-electron chi connectivity index (χ1n) is 3.80. The lowest BCUT2D eigenvalue weighted by Crippen LogP contribution is -1.95. The standard InChI is InChI=1S/C10H10O3/c1-7(10(12)13)5-8-3-2-4-9(11)6-8/h2-6,11H,1H3,(H,12,13)/b7-5-. The number of phenols is 1. The highest BCUT2D eigenvalue weighted by Crippen LogP contribution is 2.13. The van der Waals surface area contributed by atoms with Gasteiger partial charge in [-0.2, -0.15) is 0 Å². The lowest BCUT2D eigenvalue weighted by atomic mass is 10.1. The second-order valence-corrected chi connectivity index (χ2v) is 2.73. The molecule has 0 bridgehead atoms. The minimum Gasteiger partial charge on any atom is -0.508 e. The van der Waals surface area contributed by atoms with Gasteiger partial charge in [-0.15, -0.1) is 0 Å². The summed E-state index contributed by atoms with van der Waals surface area (Å²) in [7, 11) is 0. The van der Waals surface area contributed by atoms with E-state index in [0.717, 1.165) is 0 Å². The summed E-state index contributed by atoms with van der Waals surface area (Å²) in [6, 6.07) is 6.43. The zero-order chi connectivity index (χ0) is 9.84. The van der Waals surface area contributed by atoms with E-state index in [9.17, 15) is 4.79 Å². The van der Waals surface area contributed by atoms with Crippen LogP contribution in [-0.4, -0.2) is 16.2 Å². The molecule has 0 unspecified atom stereocenters. The van der Waals surface area contributed by atoms with Crippen molar-refractivity contribution in [1.29, 1.82) is 0 Å². The monoisotopic (exact) mass is 178 g/mol. The normalized spacial score (nSPS) is 11.3. The quantitative estimate of drug-likeness (QED) is 0.680. The molecule has 1 rings (SSSR count). The van der Waals surface area contributed by atoms with Gasteiger partial charge in [0.2, 0.25) is 0 Å². The Kier molecular flexibility index (Phi) is 2.69. The summed E-state index contributed by atoms with van der Waals surface area (Å²) in [6.07, 6.45) is 1.50. The molecule has 1 aromatic rings. The van der Waals surface area contributed by atoms with Gasteiger partial charge in [0.1, 0.15) is 5.75 Å². The second kappa shape index (κ2) is 3.76. The van der Waals surface area contributed by atoms with E-state index in [-0.39, 0.29) is 11.3 Å². The predicted octanol–water partition coefficient (Wildman–Crippen LogP) is 1.88. The lowest BCUT2D eigenvalue weighted by Gasteiger charge is -1.96. The smallest absolute Gasteiger partial charge is 0.331 e. The lowest BCUT2D eigenvalue weighted by molar-refractivity contribution is -0.132. The molecule has 0 aliphatic heterocycles.